The zero-order valence-electron chi connectivity index (χ0n) is 14.7. The Morgan fingerprint density at radius 1 is 1.26 bits per heavy atom. The molecule has 2 heterocycles. The molecule has 0 unspecified atom stereocenters. The molecular weight excluding hydrogens is 386 g/mol. The van der Waals surface area contributed by atoms with E-state index in [0.717, 1.165) is 11.4 Å². The van der Waals surface area contributed by atoms with Gasteiger partial charge in [-0.1, -0.05) is 42.1 Å². The van der Waals surface area contributed by atoms with E-state index in [-0.39, 0.29) is 24.1 Å². The lowest BCUT2D eigenvalue weighted by molar-refractivity contribution is -0.139. The molecule has 140 valence electrons. The maximum absolute atomic E-state index is 12.1. The summed E-state index contributed by atoms with van der Waals surface area (Å²) in [6.07, 6.45) is 0.0822. The lowest BCUT2D eigenvalue weighted by Gasteiger charge is -2.04. The van der Waals surface area contributed by atoms with Crippen LogP contribution < -0.4 is 5.32 Å². The van der Waals surface area contributed by atoms with Gasteiger partial charge in [0, 0.05) is 18.0 Å². The van der Waals surface area contributed by atoms with E-state index in [1.54, 1.807) is 5.38 Å². The summed E-state index contributed by atoms with van der Waals surface area (Å²) >= 11 is 2.55. The van der Waals surface area contributed by atoms with Gasteiger partial charge in [-0.3, -0.25) is 9.59 Å². The van der Waals surface area contributed by atoms with Crippen molar-refractivity contribution in [2.24, 2.45) is 7.05 Å². The van der Waals surface area contributed by atoms with Crippen LogP contribution in [0.15, 0.2) is 40.9 Å². The lowest BCUT2D eigenvalue weighted by Crippen LogP contribution is -2.14. The van der Waals surface area contributed by atoms with E-state index in [2.05, 4.69) is 25.2 Å². The van der Waals surface area contributed by atoms with Gasteiger partial charge in [0.05, 0.1) is 25.0 Å². The predicted octanol–water partition coefficient (Wildman–Crippen LogP) is 2.38. The fourth-order valence-corrected chi connectivity index (χ4v) is 3.67. The average Bonchev–Trinajstić information content (AvgIpc) is 3.27. The summed E-state index contributed by atoms with van der Waals surface area (Å²) in [5.74, 6) is 0.339. The van der Waals surface area contributed by atoms with E-state index in [0.29, 0.717) is 16.0 Å². The molecule has 0 bridgehead atoms. The topological polar surface area (TPSA) is 99.0 Å². The van der Waals surface area contributed by atoms with Gasteiger partial charge in [0.2, 0.25) is 5.91 Å². The summed E-state index contributed by atoms with van der Waals surface area (Å²) in [5.41, 5.74) is 1.53. The quantitative estimate of drug-likeness (QED) is 0.478. The minimum atomic E-state index is -0.370. The summed E-state index contributed by atoms with van der Waals surface area (Å²) in [6.45, 7) is 0. The normalized spacial score (nSPS) is 10.6. The number of thioether (sulfide) groups is 1. The molecule has 8 nitrogen and oxygen atoms in total. The molecule has 0 saturated heterocycles. The Kier molecular flexibility index (Phi) is 6.20. The van der Waals surface area contributed by atoms with Gasteiger partial charge < -0.3 is 14.6 Å². The van der Waals surface area contributed by atoms with Crippen molar-refractivity contribution in [3.63, 3.8) is 0 Å². The van der Waals surface area contributed by atoms with Gasteiger partial charge in [0.25, 0.3) is 0 Å². The second-order valence-corrected chi connectivity index (χ2v) is 7.27. The second kappa shape index (κ2) is 8.78. The maximum Gasteiger partial charge on any atom is 0.311 e. The number of anilines is 1. The number of aromatic nitrogens is 4. The number of amides is 1. The van der Waals surface area contributed by atoms with Crippen LogP contribution in [-0.2, 0) is 27.8 Å². The minimum Gasteiger partial charge on any atom is -0.469 e. The average molecular weight is 403 g/mol. The van der Waals surface area contributed by atoms with Gasteiger partial charge in [-0.25, -0.2) is 4.98 Å². The number of thiazole rings is 1. The number of carbonyl (C=O) groups is 2. The smallest absolute Gasteiger partial charge is 0.311 e. The summed E-state index contributed by atoms with van der Waals surface area (Å²) < 4.78 is 6.45. The summed E-state index contributed by atoms with van der Waals surface area (Å²) in [4.78, 5) is 27.6. The van der Waals surface area contributed by atoms with E-state index in [1.807, 2.05) is 41.9 Å². The van der Waals surface area contributed by atoms with E-state index in [1.165, 1.54) is 30.2 Å². The van der Waals surface area contributed by atoms with Crippen LogP contribution in [0, 0.1) is 0 Å². The monoisotopic (exact) mass is 403 g/mol. The zero-order valence-corrected chi connectivity index (χ0v) is 16.3. The minimum absolute atomic E-state index is 0.0822. The number of hydrogen-bond donors (Lipinski definition) is 1. The predicted molar refractivity (Wildman–Crippen MR) is 104 cm³/mol. The van der Waals surface area contributed by atoms with Gasteiger partial charge in [-0.05, 0) is 0 Å². The fraction of sp³-hybridized carbons (Fsp3) is 0.235. The zero-order chi connectivity index (χ0) is 19.2. The largest absolute Gasteiger partial charge is 0.469 e. The van der Waals surface area contributed by atoms with Crippen molar-refractivity contribution in [1.82, 2.24) is 19.7 Å². The van der Waals surface area contributed by atoms with Gasteiger partial charge in [-0.2, -0.15) is 0 Å². The Hall–Kier alpha value is -2.72. The second-order valence-electron chi connectivity index (χ2n) is 5.46. The molecule has 0 aliphatic heterocycles. The molecule has 0 saturated carbocycles. The van der Waals surface area contributed by atoms with Crippen molar-refractivity contribution in [2.75, 3.05) is 18.2 Å². The first-order valence-corrected chi connectivity index (χ1v) is 9.82. The molecule has 1 amide bonds. The molecule has 1 N–H and O–H groups in total. The van der Waals surface area contributed by atoms with Crippen LogP contribution in [0.2, 0.25) is 0 Å². The lowest BCUT2D eigenvalue weighted by atomic mass is 10.2. The SMILES string of the molecule is COC(=O)Cc1csc(NC(=O)CSc2nnc(-c3ccccc3)n2C)n1. The number of rotatable bonds is 7. The molecule has 0 aliphatic rings. The first-order valence-electron chi connectivity index (χ1n) is 7.95. The number of nitrogens with zero attached hydrogens (tertiary/aromatic N) is 4. The van der Waals surface area contributed by atoms with Crippen LogP contribution >= 0.6 is 23.1 Å². The van der Waals surface area contributed by atoms with Crippen molar-refractivity contribution in [3.05, 3.63) is 41.4 Å². The molecule has 0 spiro atoms. The number of esters is 1. The Labute approximate surface area is 164 Å². The highest BCUT2D eigenvalue weighted by molar-refractivity contribution is 7.99. The molecule has 2 aromatic heterocycles. The molecule has 0 atom stereocenters. The molecule has 3 aromatic rings. The van der Waals surface area contributed by atoms with Crippen molar-refractivity contribution >= 4 is 40.1 Å². The van der Waals surface area contributed by atoms with E-state index in [9.17, 15) is 9.59 Å². The molecule has 10 heteroatoms. The number of benzene rings is 1. The van der Waals surface area contributed by atoms with Crippen LogP contribution in [0.5, 0.6) is 0 Å². The van der Waals surface area contributed by atoms with E-state index < -0.39 is 0 Å². The summed E-state index contributed by atoms with van der Waals surface area (Å²) in [5, 5.41) is 13.9. The van der Waals surface area contributed by atoms with Crippen molar-refractivity contribution < 1.29 is 14.3 Å². The van der Waals surface area contributed by atoms with E-state index >= 15 is 0 Å². The van der Waals surface area contributed by atoms with Gasteiger partial charge in [0.1, 0.15) is 0 Å². The van der Waals surface area contributed by atoms with Gasteiger partial charge >= 0.3 is 5.97 Å². The van der Waals surface area contributed by atoms with E-state index in [4.69, 9.17) is 0 Å². The summed E-state index contributed by atoms with van der Waals surface area (Å²) in [7, 11) is 3.19. The first-order chi connectivity index (χ1) is 13.1. The van der Waals surface area contributed by atoms with Crippen LogP contribution in [0.1, 0.15) is 5.69 Å². The third-order valence-electron chi connectivity index (χ3n) is 3.55. The Balaban J connectivity index is 1.55. The van der Waals surface area contributed by atoms with Crippen molar-refractivity contribution in [3.8, 4) is 11.4 Å². The third kappa shape index (κ3) is 4.92. The highest BCUT2D eigenvalue weighted by Gasteiger charge is 2.14. The Bertz CT molecular complexity index is 939. The van der Waals surface area contributed by atoms with Crippen LogP contribution in [0.25, 0.3) is 11.4 Å². The number of carbonyl (C=O) groups excluding carboxylic acids is 2. The molecule has 27 heavy (non-hydrogen) atoms. The highest BCUT2D eigenvalue weighted by atomic mass is 32.2. The number of hydrogen-bond acceptors (Lipinski definition) is 8. The summed E-state index contributed by atoms with van der Waals surface area (Å²) in [6, 6.07) is 9.73. The van der Waals surface area contributed by atoms with Crippen LogP contribution in [-0.4, -0.2) is 44.5 Å². The maximum atomic E-state index is 12.1. The fourth-order valence-electron chi connectivity index (χ4n) is 2.23. The number of methoxy groups -OCH3 is 1. The molecule has 0 fully saturated rings. The van der Waals surface area contributed by atoms with Crippen LogP contribution in [0.3, 0.4) is 0 Å². The van der Waals surface area contributed by atoms with Crippen LogP contribution in [0.4, 0.5) is 5.13 Å². The Morgan fingerprint density at radius 3 is 2.78 bits per heavy atom. The van der Waals surface area contributed by atoms with Gasteiger partial charge in [-0.15, -0.1) is 21.5 Å². The first kappa shape index (κ1) is 19.1. The molecule has 0 radical (unpaired) electrons. The molecule has 0 aliphatic carbocycles. The molecule has 3 rings (SSSR count). The molecule has 1 aromatic carbocycles. The van der Waals surface area contributed by atoms with Gasteiger partial charge in [0.15, 0.2) is 16.1 Å². The van der Waals surface area contributed by atoms with Crippen molar-refractivity contribution in [1.29, 1.82) is 0 Å². The number of nitrogens with one attached hydrogen (secondary N) is 1. The molecular formula is C17H17N5O3S2. The highest BCUT2D eigenvalue weighted by Crippen LogP contribution is 2.23. The standard InChI is InChI=1S/C17H17N5O3S2/c1-22-15(11-6-4-3-5-7-11)20-21-17(22)27-10-13(23)19-16-18-12(9-26-16)8-14(24)25-2/h3-7,9H,8,10H2,1-2H3,(H,18,19,23). The van der Waals surface area contributed by atoms with Crippen molar-refractivity contribution in [2.45, 2.75) is 11.6 Å². The third-order valence-corrected chi connectivity index (χ3v) is 5.38. The Morgan fingerprint density at radius 2 is 2.04 bits per heavy atom. The number of ether oxygens (including phenoxy) is 1.